The van der Waals surface area contributed by atoms with E-state index in [-0.39, 0.29) is 5.91 Å². The monoisotopic (exact) mass is 488 g/mol. The normalized spacial score (nSPS) is 13.9. The Balaban J connectivity index is 1.96. The first-order chi connectivity index (χ1) is 17.4. The molecule has 0 aliphatic rings. The van der Waals surface area contributed by atoms with Crippen LogP contribution >= 0.6 is 0 Å². The van der Waals surface area contributed by atoms with Crippen molar-refractivity contribution in [3.8, 4) is 0 Å². The number of nitrogens with zero attached hydrogens (tertiary/aromatic N) is 2. The lowest BCUT2D eigenvalue weighted by Gasteiger charge is -2.10. The average molecular weight is 489 g/mol. The minimum atomic E-state index is -0.0210. The van der Waals surface area contributed by atoms with Gasteiger partial charge < -0.3 is 20.4 Å². The van der Waals surface area contributed by atoms with Gasteiger partial charge in [0.2, 0.25) is 0 Å². The molecular formula is C30H40N4O2. The third-order valence-electron chi connectivity index (χ3n) is 6.61. The summed E-state index contributed by atoms with van der Waals surface area (Å²) in [6, 6.07) is 16.2. The third kappa shape index (κ3) is 6.43. The van der Waals surface area contributed by atoms with Crippen LogP contribution in [0.15, 0.2) is 48.5 Å². The SMILES string of the molecule is CC\C(C)=c1/cccc/c1=c1/c(=C(\C)N)nc(CCOC)n1CCCCNC(=O)c1ccccc1C. The van der Waals surface area contributed by atoms with Crippen molar-refractivity contribution in [2.24, 2.45) is 5.73 Å². The van der Waals surface area contributed by atoms with E-state index < -0.39 is 0 Å². The van der Waals surface area contributed by atoms with E-state index in [1.54, 1.807) is 7.11 Å². The minimum absolute atomic E-state index is 0.0210. The van der Waals surface area contributed by atoms with E-state index >= 15 is 0 Å². The van der Waals surface area contributed by atoms with Crippen molar-refractivity contribution in [3.05, 3.63) is 86.6 Å². The first-order valence-corrected chi connectivity index (χ1v) is 12.8. The number of nitrogens with two attached hydrogens (primary N) is 1. The molecule has 0 aliphatic heterocycles. The topological polar surface area (TPSA) is 82.2 Å². The first kappa shape index (κ1) is 27.2. The molecule has 0 fully saturated rings. The molecular weight excluding hydrogens is 448 g/mol. The lowest BCUT2D eigenvalue weighted by Crippen LogP contribution is -2.25. The summed E-state index contributed by atoms with van der Waals surface area (Å²) in [5.74, 6) is 0.951. The van der Waals surface area contributed by atoms with Gasteiger partial charge in [-0.15, -0.1) is 0 Å². The van der Waals surface area contributed by atoms with E-state index in [1.165, 1.54) is 10.8 Å². The molecule has 0 spiro atoms. The predicted molar refractivity (Wildman–Crippen MR) is 147 cm³/mol. The quantitative estimate of drug-likeness (QED) is 0.428. The Bertz CT molecular complexity index is 1400. The molecule has 3 N–H and O–H groups in total. The second-order valence-electron chi connectivity index (χ2n) is 9.26. The van der Waals surface area contributed by atoms with Gasteiger partial charge in [-0.3, -0.25) is 4.79 Å². The van der Waals surface area contributed by atoms with Crippen molar-refractivity contribution in [2.75, 3.05) is 20.3 Å². The minimum Gasteiger partial charge on any atom is -0.400 e. The number of amides is 1. The number of aryl methyl sites for hydroxylation is 1. The van der Waals surface area contributed by atoms with E-state index in [9.17, 15) is 4.79 Å². The maximum atomic E-state index is 12.6. The molecule has 3 rings (SSSR count). The zero-order valence-electron chi connectivity index (χ0n) is 22.4. The van der Waals surface area contributed by atoms with Gasteiger partial charge in [0.1, 0.15) is 11.2 Å². The fourth-order valence-corrected chi connectivity index (χ4v) is 4.44. The molecule has 1 amide bonds. The van der Waals surface area contributed by atoms with Gasteiger partial charge in [-0.25, -0.2) is 4.98 Å². The number of methoxy groups -OCH3 is 1. The Kier molecular flexibility index (Phi) is 9.88. The Labute approximate surface area is 214 Å². The molecule has 0 saturated heterocycles. The number of imidazole rings is 1. The van der Waals surface area contributed by atoms with E-state index in [2.05, 4.69) is 48.0 Å². The molecule has 36 heavy (non-hydrogen) atoms. The highest BCUT2D eigenvalue weighted by atomic mass is 16.5. The van der Waals surface area contributed by atoms with Gasteiger partial charge in [-0.2, -0.15) is 0 Å². The van der Waals surface area contributed by atoms with E-state index in [0.717, 1.165) is 58.7 Å². The summed E-state index contributed by atoms with van der Waals surface area (Å²) < 4.78 is 7.67. The van der Waals surface area contributed by atoms with Crippen LogP contribution in [0.2, 0.25) is 0 Å². The number of nitrogens with one attached hydrogen (secondary N) is 1. The van der Waals surface area contributed by atoms with Crippen molar-refractivity contribution in [3.63, 3.8) is 0 Å². The summed E-state index contributed by atoms with van der Waals surface area (Å²) in [6.07, 6.45) is 3.45. The highest BCUT2D eigenvalue weighted by molar-refractivity contribution is 5.95. The summed E-state index contributed by atoms with van der Waals surface area (Å²) in [5, 5.41) is 7.35. The number of aromatic nitrogens is 2. The summed E-state index contributed by atoms with van der Waals surface area (Å²) in [6.45, 7) is 10.2. The summed E-state index contributed by atoms with van der Waals surface area (Å²) in [4.78, 5) is 17.5. The van der Waals surface area contributed by atoms with Gasteiger partial charge in [-0.1, -0.05) is 55.0 Å². The van der Waals surface area contributed by atoms with Gasteiger partial charge in [0.15, 0.2) is 0 Å². The predicted octanol–water partition coefficient (Wildman–Crippen LogP) is 3.55. The third-order valence-corrected chi connectivity index (χ3v) is 6.61. The molecule has 1 heterocycles. The summed E-state index contributed by atoms with van der Waals surface area (Å²) in [5.41, 5.74) is 10.1. The molecule has 0 aliphatic carbocycles. The van der Waals surface area contributed by atoms with Crippen LogP contribution in [-0.4, -0.2) is 35.7 Å². The smallest absolute Gasteiger partial charge is 0.251 e. The highest BCUT2D eigenvalue weighted by Gasteiger charge is 2.11. The van der Waals surface area contributed by atoms with Gasteiger partial charge in [0, 0.05) is 43.1 Å². The highest BCUT2D eigenvalue weighted by Crippen LogP contribution is 2.08. The average Bonchev–Trinajstić information content (AvgIpc) is 3.25. The molecule has 2 aromatic carbocycles. The van der Waals surface area contributed by atoms with Crippen LogP contribution in [0, 0.1) is 17.5 Å². The van der Waals surface area contributed by atoms with Crippen LogP contribution < -0.4 is 21.6 Å². The molecule has 0 saturated carbocycles. The molecule has 3 aromatic rings. The van der Waals surface area contributed by atoms with Crippen molar-refractivity contribution < 1.29 is 9.53 Å². The fraction of sp³-hybridized carbons (Fsp3) is 0.400. The number of ether oxygens (including phenoxy) is 1. The van der Waals surface area contributed by atoms with E-state index in [4.69, 9.17) is 15.5 Å². The zero-order valence-corrected chi connectivity index (χ0v) is 22.4. The zero-order chi connectivity index (χ0) is 26.1. The number of unbranched alkanes of at least 4 members (excludes halogenated alkanes) is 1. The first-order valence-electron chi connectivity index (χ1n) is 12.8. The Hall–Kier alpha value is -3.38. The molecule has 6 nitrogen and oxygen atoms in total. The molecule has 6 heteroatoms. The van der Waals surface area contributed by atoms with E-state index in [1.807, 2.05) is 38.1 Å². The maximum absolute atomic E-state index is 12.6. The Morgan fingerprint density at radius 2 is 1.81 bits per heavy atom. The second-order valence-corrected chi connectivity index (χ2v) is 9.26. The van der Waals surface area contributed by atoms with Gasteiger partial charge >= 0.3 is 0 Å². The largest absolute Gasteiger partial charge is 0.400 e. The summed E-state index contributed by atoms with van der Waals surface area (Å²) >= 11 is 0. The molecule has 0 radical (unpaired) electrons. The van der Waals surface area contributed by atoms with Crippen LogP contribution in [0.3, 0.4) is 0 Å². The van der Waals surface area contributed by atoms with Gasteiger partial charge in [0.25, 0.3) is 5.91 Å². The van der Waals surface area contributed by atoms with Crippen LogP contribution in [0.25, 0.3) is 11.3 Å². The second kappa shape index (κ2) is 13.1. The number of hydrogen-bond acceptors (Lipinski definition) is 4. The number of hydrogen-bond donors (Lipinski definition) is 2. The standard InChI is InChI=1S/C30H40N4O2/c1-6-21(2)24-14-9-10-16-26(24)29-28(23(4)31)33-27(17-20-36-5)34(29)19-12-11-18-32-30(35)25-15-8-7-13-22(25)3/h7-10,13-16H,6,11-12,17-20,31H2,1-5H3,(H,32,35)/b24-21+,28-23-,29-26+. The lowest BCUT2D eigenvalue weighted by atomic mass is 10.1. The van der Waals surface area contributed by atoms with Crippen LogP contribution in [0.5, 0.6) is 0 Å². The molecule has 0 unspecified atom stereocenters. The maximum Gasteiger partial charge on any atom is 0.251 e. The fourth-order valence-electron chi connectivity index (χ4n) is 4.44. The van der Waals surface area contributed by atoms with Crippen molar-refractivity contribution in [1.29, 1.82) is 0 Å². The van der Waals surface area contributed by atoms with E-state index in [0.29, 0.717) is 25.3 Å². The number of carbonyl (C=O) groups excluding carboxylic acids is 1. The van der Waals surface area contributed by atoms with Crippen LogP contribution in [-0.2, 0) is 17.7 Å². The van der Waals surface area contributed by atoms with Crippen molar-refractivity contribution in [2.45, 2.75) is 59.9 Å². The number of benzene rings is 2. The molecule has 0 bridgehead atoms. The lowest BCUT2D eigenvalue weighted by molar-refractivity contribution is 0.0952. The number of carbonyl (C=O) groups is 1. The number of rotatable bonds is 10. The summed E-state index contributed by atoms with van der Waals surface area (Å²) in [7, 11) is 1.71. The molecule has 1 aromatic heterocycles. The van der Waals surface area contributed by atoms with Gasteiger partial charge in [0.05, 0.1) is 12.0 Å². The Morgan fingerprint density at radius 1 is 1.08 bits per heavy atom. The molecule has 192 valence electrons. The molecule has 0 atom stereocenters. The van der Waals surface area contributed by atoms with Crippen LogP contribution in [0.1, 0.15) is 61.8 Å². The van der Waals surface area contributed by atoms with Gasteiger partial charge in [-0.05, 0) is 56.9 Å². The van der Waals surface area contributed by atoms with Crippen LogP contribution in [0.4, 0.5) is 0 Å². The van der Waals surface area contributed by atoms with Crippen molar-refractivity contribution in [1.82, 2.24) is 14.9 Å². The Morgan fingerprint density at radius 3 is 2.50 bits per heavy atom. The van der Waals surface area contributed by atoms with Crippen molar-refractivity contribution >= 4 is 17.2 Å².